The normalized spacial score (nSPS) is 14.5. The summed E-state index contributed by atoms with van der Waals surface area (Å²) >= 11 is 1.43. The molecule has 0 spiro atoms. The fourth-order valence-corrected chi connectivity index (χ4v) is 5.59. The Balaban J connectivity index is 1.28. The Bertz CT molecular complexity index is 1390. The number of benzene rings is 1. The standard InChI is InChI=1S/C24H28N6O2S/c1-4-29-23(32)22-19(9-14-33-22)30-20(25-26-24(29)30)7-8-21(31)28-12-10-27(11-13-28)18-6-5-16(2)15-17(18)3/h5-6,9,14-15H,4,7-8,10-13H2,1-3H3. The molecule has 9 heteroatoms. The largest absolute Gasteiger partial charge is 0.368 e. The zero-order chi connectivity index (χ0) is 23.1. The summed E-state index contributed by atoms with van der Waals surface area (Å²) < 4.78 is 4.27. The Hall–Kier alpha value is -3.20. The molecule has 0 unspecified atom stereocenters. The summed E-state index contributed by atoms with van der Waals surface area (Å²) in [5, 5.41) is 10.5. The van der Waals surface area contributed by atoms with Crippen molar-refractivity contribution in [3.63, 3.8) is 0 Å². The molecule has 0 atom stereocenters. The van der Waals surface area contributed by atoms with Crippen LogP contribution in [-0.2, 0) is 17.8 Å². The summed E-state index contributed by atoms with van der Waals surface area (Å²) in [6, 6.07) is 8.46. The third-order valence-corrected chi connectivity index (χ3v) is 7.37. The van der Waals surface area contributed by atoms with Gasteiger partial charge in [0.05, 0.1) is 5.52 Å². The van der Waals surface area contributed by atoms with Crippen molar-refractivity contribution in [3.05, 3.63) is 57.0 Å². The van der Waals surface area contributed by atoms with Crippen molar-refractivity contribution in [2.75, 3.05) is 31.1 Å². The summed E-state index contributed by atoms with van der Waals surface area (Å²) in [6.07, 6.45) is 0.866. The van der Waals surface area contributed by atoms with Crippen molar-refractivity contribution in [3.8, 4) is 0 Å². The first-order chi connectivity index (χ1) is 16.0. The number of thiophene rings is 1. The second-order valence-corrected chi connectivity index (χ2v) is 9.51. The van der Waals surface area contributed by atoms with Gasteiger partial charge in [-0.15, -0.1) is 21.5 Å². The Morgan fingerprint density at radius 3 is 2.61 bits per heavy atom. The van der Waals surface area contributed by atoms with E-state index in [1.54, 1.807) is 4.57 Å². The van der Waals surface area contributed by atoms with Crippen molar-refractivity contribution in [1.29, 1.82) is 0 Å². The molecule has 8 nitrogen and oxygen atoms in total. The number of amides is 1. The van der Waals surface area contributed by atoms with Crippen LogP contribution in [-0.4, -0.2) is 56.2 Å². The number of carbonyl (C=O) groups excluding carboxylic acids is 1. The monoisotopic (exact) mass is 464 g/mol. The van der Waals surface area contributed by atoms with E-state index < -0.39 is 0 Å². The SMILES string of the molecule is CCn1c(=O)c2sccc2n2c(CCC(=O)N3CCN(c4ccc(C)cc4C)CC3)nnc12. The van der Waals surface area contributed by atoms with Gasteiger partial charge in [0.2, 0.25) is 11.7 Å². The van der Waals surface area contributed by atoms with Crippen LogP contribution in [0.15, 0.2) is 34.4 Å². The Morgan fingerprint density at radius 1 is 1.09 bits per heavy atom. The maximum Gasteiger partial charge on any atom is 0.272 e. The van der Waals surface area contributed by atoms with Gasteiger partial charge in [-0.25, -0.2) is 0 Å². The number of carbonyl (C=O) groups is 1. The minimum atomic E-state index is -0.0355. The van der Waals surface area contributed by atoms with Crippen molar-refractivity contribution in [1.82, 2.24) is 24.1 Å². The Morgan fingerprint density at radius 2 is 1.88 bits per heavy atom. The molecule has 0 bridgehead atoms. The van der Waals surface area contributed by atoms with Crippen LogP contribution in [0, 0.1) is 13.8 Å². The van der Waals surface area contributed by atoms with E-state index >= 15 is 0 Å². The maximum atomic E-state index is 13.0. The molecule has 4 aromatic rings. The van der Waals surface area contributed by atoms with Gasteiger partial charge in [0.15, 0.2) is 0 Å². The molecule has 0 aliphatic carbocycles. The van der Waals surface area contributed by atoms with Gasteiger partial charge in [-0.05, 0) is 43.8 Å². The molecule has 0 saturated carbocycles. The van der Waals surface area contributed by atoms with E-state index in [1.807, 2.05) is 27.7 Å². The van der Waals surface area contributed by atoms with E-state index in [4.69, 9.17) is 0 Å². The zero-order valence-corrected chi connectivity index (χ0v) is 20.1. The highest BCUT2D eigenvalue weighted by molar-refractivity contribution is 7.17. The highest BCUT2D eigenvalue weighted by atomic mass is 32.1. The lowest BCUT2D eigenvalue weighted by atomic mass is 10.1. The van der Waals surface area contributed by atoms with E-state index in [0.29, 0.717) is 29.9 Å². The van der Waals surface area contributed by atoms with Crippen molar-refractivity contribution >= 4 is 38.9 Å². The molecule has 3 aromatic heterocycles. The molecule has 0 N–H and O–H groups in total. The third kappa shape index (κ3) is 3.80. The van der Waals surface area contributed by atoms with Crippen molar-refractivity contribution in [2.45, 2.75) is 40.2 Å². The highest BCUT2D eigenvalue weighted by Crippen LogP contribution is 2.23. The summed E-state index contributed by atoms with van der Waals surface area (Å²) in [4.78, 5) is 30.0. The van der Waals surface area contributed by atoms with Crippen molar-refractivity contribution in [2.24, 2.45) is 0 Å². The van der Waals surface area contributed by atoms with Crippen LogP contribution in [0.4, 0.5) is 5.69 Å². The number of anilines is 1. The van der Waals surface area contributed by atoms with Crippen LogP contribution in [0.3, 0.4) is 0 Å². The predicted molar refractivity (Wildman–Crippen MR) is 131 cm³/mol. The minimum absolute atomic E-state index is 0.0355. The molecular formula is C24H28N6O2S. The Labute approximate surface area is 196 Å². The van der Waals surface area contributed by atoms with E-state index in [1.165, 1.54) is 28.2 Å². The topological polar surface area (TPSA) is 75.7 Å². The Kier molecular flexibility index (Phi) is 5.65. The number of aryl methyl sites for hydroxylation is 4. The molecule has 1 aliphatic heterocycles. The maximum absolute atomic E-state index is 13.0. The van der Waals surface area contributed by atoms with Crippen molar-refractivity contribution < 1.29 is 4.79 Å². The fraction of sp³-hybridized carbons (Fsp3) is 0.417. The first-order valence-electron chi connectivity index (χ1n) is 11.4. The number of fused-ring (bicyclic) bond motifs is 3. The number of aromatic nitrogens is 4. The summed E-state index contributed by atoms with van der Waals surface area (Å²) in [7, 11) is 0. The zero-order valence-electron chi connectivity index (χ0n) is 19.2. The average Bonchev–Trinajstić information content (AvgIpc) is 3.45. The molecule has 1 aromatic carbocycles. The van der Waals surface area contributed by atoms with E-state index in [0.717, 1.165) is 37.5 Å². The minimum Gasteiger partial charge on any atom is -0.368 e. The molecule has 5 rings (SSSR count). The molecule has 172 valence electrons. The molecule has 1 saturated heterocycles. The third-order valence-electron chi connectivity index (χ3n) is 6.48. The van der Waals surface area contributed by atoms with Crippen LogP contribution < -0.4 is 10.5 Å². The second kappa shape index (κ2) is 8.62. The quantitative estimate of drug-likeness (QED) is 0.454. The lowest BCUT2D eigenvalue weighted by molar-refractivity contribution is -0.131. The predicted octanol–water partition coefficient (Wildman–Crippen LogP) is 3.02. The van der Waals surface area contributed by atoms with Gasteiger partial charge in [0.1, 0.15) is 10.5 Å². The summed E-state index contributed by atoms with van der Waals surface area (Å²) in [5.41, 5.74) is 4.58. The van der Waals surface area contributed by atoms with Gasteiger partial charge in [-0.1, -0.05) is 17.7 Å². The molecule has 4 heterocycles. The lowest BCUT2D eigenvalue weighted by Gasteiger charge is -2.37. The second-order valence-electron chi connectivity index (χ2n) is 8.59. The fourth-order valence-electron chi connectivity index (χ4n) is 4.76. The van der Waals surface area contributed by atoms with Crippen LogP contribution in [0.25, 0.3) is 16.0 Å². The van der Waals surface area contributed by atoms with Crippen LogP contribution in [0.5, 0.6) is 0 Å². The van der Waals surface area contributed by atoms with E-state index in [2.05, 4.69) is 47.1 Å². The molecule has 1 aliphatic rings. The number of nitrogens with zero attached hydrogens (tertiary/aromatic N) is 6. The van der Waals surface area contributed by atoms with Gasteiger partial charge in [0, 0.05) is 51.3 Å². The summed E-state index contributed by atoms with van der Waals surface area (Å²) in [6.45, 7) is 9.81. The number of piperazine rings is 1. The lowest BCUT2D eigenvalue weighted by Crippen LogP contribution is -2.49. The first kappa shape index (κ1) is 21.6. The highest BCUT2D eigenvalue weighted by Gasteiger charge is 2.23. The van der Waals surface area contributed by atoms with E-state index in [-0.39, 0.29) is 11.5 Å². The average molecular weight is 465 g/mol. The van der Waals surface area contributed by atoms with Crippen LogP contribution in [0.1, 0.15) is 30.3 Å². The van der Waals surface area contributed by atoms with Gasteiger partial charge < -0.3 is 9.80 Å². The summed E-state index contributed by atoms with van der Waals surface area (Å²) in [5.74, 6) is 1.40. The molecule has 1 amide bonds. The van der Waals surface area contributed by atoms with Gasteiger partial charge >= 0.3 is 0 Å². The molecule has 1 fully saturated rings. The van der Waals surface area contributed by atoms with Crippen LogP contribution >= 0.6 is 11.3 Å². The number of hydrogen-bond acceptors (Lipinski definition) is 6. The van der Waals surface area contributed by atoms with E-state index in [9.17, 15) is 9.59 Å². The van der Waals surface area contributed by atoms with Gasteiger partial charge in [-0.3, -0.25) is 18.6 Å². The number of hydrogen-bond donors (Lipinski definition) is 0. The first-order valence-corrected chi connectivity index (χ1v) is 12.3. The molecule has 0 radical (unpaired) electrons. The molecular weight excluding hydrogens is 436 g/mol. The van der Waals surface area contributed by atoms with Crippen LogP contribution in [0.2, 0.25) is 0 Å². The molecule has 33 heavy (non-hydrogen) atoms. The number of rotatable bonds is 5. The van der Waals surface area contributed by atoms with Gasteiger partial charge in [0.25, 0.3) is 5.56 Å². The van der Waals surface area contributed by atoms with Gasteiger partial charge in [-0.2, -0.15) is 0 Å². The smallest absolute Gasteiger partial charge is 0.272 e.